The third kappa shape index (κ3) is 2.50. The van der Waals surface area contributed by atoms with Crippen LogP contribution >= 0.6 is 0 Å². The smallest absolute Gasteiger partial charge is 0.335 e. The van der Waals surface area contributed by atoms with E-state index in [4.69, 9.17) is 0 Å². The average Bonchev–Trinajstić information content (AvgIpc) is 3.43. The zero-order valence-electron chi connectivity index (χ0n) is 15.5. The van der Waals surface area contributed by atoms with E-state index in [0.29, 0.717) is 11.5 Å². The lowest BCUT2D eigenvalue weighted by molar-refractivity contribution is 0.0695. The van der Waals surface area contributed by atoms with Crippen LogP contribution < -0.4 is 0 Å². The first-order chi connectivity index (χ1) is 13.7. The molecule has 1 fully saturated rings. The van der Waals surface area contributed by atoms with Crippen molar-refractivity contribution in [2.75, 3.05) is 0 Å². The van der Waals surface area contributed by atoms with Gasteiger partial charge >= 0.3 is 5.97 Å². The van der Waals surface area contributed by atoms with Crippen molar-refractivity contribution in [3.8, 4) is 0 Å². The van der Waals surface area contributed by atoms with Gasteiger partial charge in [0.25, 0.3) is 0 Å². The summed E-state index contributed by atoms with van der Waals surface area (Å²) in [6, 6.07) is 9.37. The highest BCUT2D eigenvalue weighted by Gasteiger charge is 2.38. The molecule has 2 N–H and O–H groups in total. The van der Waals surface area contributed by atoms with Crippen LogP contribution in [0.2, 0.25) is 0 Å². The fourth-order valence-electron chi connectivity index (χ4n) is 4.83. The number of H-pyrrole nitrogens is 1. The zero-order chi connectivity index (χ0) is 19.3. The molecule has 1 saturated carbocycles. The maximum absolute atomic E-state index is 11.7. The molecule has 3 unspecified atom stereocenters. The molecule has 0 aliphatic heterocycles. The second-order valence-electron chi connectivity index (χ2n) is 7.56. The van der Waals surface area contributed by atoms with Crippen LogP contribution in [0.15, 0.2) is 42.7 Å². The molecule has 5 rings (SSSR count). The van der Waals surface area contributed by atoms with Crippen molar-refractivity contribution in [2.24, 2.45) is 5.92 Å². The zero-order valence-corrected chi connectivity index (χ0v) is 15.5. The molecule has 1 aliphatic carbocycles. The molecule has 28 heavy (non-hydrogen) atoms. The number of aromatic amines is 1. The average molecular weight is 375 g/mol. The van der Waals surface area contributed by atoms with Gasteiger partial charge in [-0.15, -0.1) is 10.2 Å². The largest absolute Gasteiger partial charge is 0.478 e. The molecule has 4 aromatic rings. The number of carboxylic acids is 1. The molecule has 0 bridgehead atoms. The molecular weight excluding hydrogens is 354 g/mol. The summed E-state index contributed by atoms with van der Waals surface area (Å²) in [6.07, 6.45) is 6.47. The number of benzene rings is 1. The minimum Gasteiger partial charge on any atom is -0.478 e. The lowest BCUT2D eigenvalue weighted by Crippen LogP contribution is -2.09. The van der Waals surface area contributed by atoms with Crippen LogP contribution in [0.5, 0.6) is 0 Å². The van der Waals surface area contributed by atoms with Gasteiger partial charge in [-0.1, -0.05) is 31.5 Å². The SMILES string of the molecule is CCC1CC(c2ccccc2C(=O)O)CC1c1nnc2cnc3[nH]ccc3n12. The van der Waals surface area contributed by atoms with Crippen molar-refractivity contribution in [3.05, 3.63) is 59.7 Å². The Balaban J connectivity index is 1.59. The normalized spacial score (nSPS) is 22.2. The predicted octanol–water partition coefficient (Wildman–Crippen LogP) is 3.99. The summed E-state index contributed by atoms with van der Waals surface area (Å²) in [5, 5.41) is 18.5. The summed E-state index contributed by atoms with van der Waals surface area (Å²) in [4.78, 5) is 19.2. The number of aromatic carboxylic acids is 1. The molecule has 0 amide bonds. The number of carbonyl (C=O) groups is 1. The Kier molecular flexibility index (Phi) is 3.89. The second kappa shape index (κ2) is 6.44. The highest BCUT2D eigenvalue weighted by atomic mass is 16.4. The van der Waals surface area contributed by atoms with E-state index in [1.807, 2.05) is 24.4 Å². The van der Waals surface area contributed by atoms with Gasteiger partial charge in [-0.2, -0.15) is 0 Å². The van der Waals surface area contributed by atoms with E-state index < -0.39 is 5.97 Å². The number of carboxylic acid groups (broad SMARTS) is 1. The molecule has 0 spiro atoms. The van der Waals surface area contributed by atoms with Crippen molar-refractivity contribution in [2.45, 2.75) is 38.0 Å². The predicted molar refractivity (Wildman–Crippen MR) is 105 cm³/mol. The maximum atomic E-state index is 11.7. The van der Waals surface area contributed by atoms with Gasteiger partial charge in [0.15, 0.2) is 11.3 Å². The highest BCUT2D eigenvalue weighted by Crippen LogP contribution is 2.49. The Morgan fingerprint density at radius 3 is 2.93 bits per heavy atom. The number of nitrogens with zero attached hydrogens (tertiary/aromatic N) is 4. The summed E-state index contributed by atoms with van der Waals surface area (Å²) in [6.45, 7) is 2.19. The molecule has 0 radical (unpaired) electrons. The van der Waals surface area contributed by atoms with Crippen molar-refractivity contribution < 1.29 is 9.90 Å². The minimum atomic E-state index is -0.861. The molecule has 1 aromatic carbocycles. The quantitative estimate of drug-likeness (QED) is 0.562. The van der Waals surface area contributed by atoms with Crippen LogP contribution in [0.25, 0.3) is 16.8 Å². The monoisotopic (exact) mass is 375 g/mol. The molecule has 7 nitrogen and oxygen atoms in total. The van der Waals surface area contributed by atoms with Gasteiger partial charge in [0.1, 0.15) is 5.82 Å². The lowest BCUT2D eigenvalue weighted by Gasteiger charge is -2.16. The van der Waals surface area contributed by atoms with Crippen molar-refractivity contribution in [1.29, 1.82) is 0 Å². The Hall–Kier alpha value is -3.22. The van der Waals surface area contributed by atoms with Crippen LogP contribution in [0.3, 0.4) is 0 Å². The topological polar surface area (TPSA) is 96.2 Å². The van der Waals surface area contributed by atoms with E-state index >= 15 is 0 Å². The second-order valence-corrected chi connectivity index (χ2v) is 7.56. The fraction of sp³-hybridized carbons (Fsp3) is 0.333. The van der Waals surface area contributed by atoms with Gasteiger partial charge in [0, 0.05) is 12.1 Å². The van der Waals surface area contributed by atoms with Gasteiger partial charge in [0.2, 0.25) is 0 Å². The molecule has 142 valence electrons. The molecular formula is C21H21N5O2. The van der Waals surface area contributed by atoms with Crippen LogP contribution in [0.4, 0.5) is 0 Å². The van der Waals surface area contributed by atoms with Crippen LogP contribution in [0.1, 0.15) is 59.8 Å². The van der Waals surface area contributed by atoms with Gasteiger partial charge in [-0.25, -0.2) is 9.78 Å². The number of rotatable bonds is 4. The summed E-state index contributed by atoms with van der Waals surface area (Å²) >= 11 is 0. The molecule has 1 aliphatic rings. The fourth-order valence-corrected chi connectivity index (χ4v) is 4.83. The summed E-state index contributed by atoms with van der Waals surface area (Å²) in [5.74, 6) is 0.955. The molecule has 0 saturated heterocycles. The summed E-state index contributed by atoms with van der Waals surface area (Å²) in [5.41, 5.74) is 3.87. The maximum Gasteiger partial charge on any atom is 0.335 e. The van der Waals surface area contributed by atoms with Crippen molar-refractivity contribution in [3.63, 3.8) is 0 Å². The molecule has 3 aromatic heterocycles. The number of nitrogens with one attached hydrogen (secondary N) is 1. The third-order valence-electron chi connectivity index (χ3n) is 6.15. The minimum absolute atomic E-state index is 0.207. The summed E-state index contributed by atoms with van der Waals surface area (Å²) in [7, 11) is 0. The standard InChI is InChI=1S/C21H21N5O2/c1-2-12-9-13(14-5-3-4-6-15(14)21(27)28)10-16(12)20-25-24-18-11-23-19-17(26(18)20)7-8-22-19/h3-8,11-13,16,22H,2,9-10H2,1H3,(H,27,28). The van der Waals surface area contributed by atoms with E-state index in [1.165, 1.54) is 0 Å². The van der Waals surface area contributed by atoms with Crippen LogP contribution in [-0.4, -0.2) is 35.6 Å². The number of aromatic nitrogens is 5. The number of hydrogen-bond donors (Lipinski definition) is 2. The van der Waals surface area contributed by atoms with E-state index in [0.717, 1.165) is 47.5 Å². The Morgan fingerprint density at radius 2 is 2.11 bits per heavy atom. The first-order valence-electron chi connectivity index (χ1n) is 9.66. The van der Waals surface area contributed by atoms with Crippen molar-refractivity contribution in [1.82, 2.24) is 24.6 Å². The Labute approximate surface area is 161 Å². The van der Waals surface area contributed by atoms with Gasteiger partial charge in [-0.05, 0) is 42.4 Å². The lowest BCUT2D eigenvalue weighted by atomic mass is 9.91. The third-order valence-corrected chi connectivity index (χ3v) is 6.15. The first kappa shape index (κ1) is 16.9. The van der Waals surface area contributed by atoms with E-state index in [2.05, 4.69) is 31.5 Å². The van der Waals surface area contributed by atoms with E-state index in [9.17, 15) is 9.90 Å². The van der Waals surface area contributed by atoms with Gasteiger partial charge < -0.3 is 10.1 Å². The van der Waals surface area contributed by atoms with Gasteiger partial charge in [0.05, 0.1) is 17.3 Å². The van der Waals surface area contributed by atoms with Crippen LogP contribution in [-0.2, 0) is 0 Å². The molecule has 3 heterocycles. The van der Waals surface area contributed by atoms with Gasteiger partial charge in [-0.3, -0.25) is 4.40 Å². The molecule has 7 heteroatoms. The summed E-state index contributed by atoms with van der Waals surface area (Å²) < 4.78 is 2.09. The van der Waals surface area contributed by atoms with E-state index in [-0.39, 0.29) is 11.8 Å². The van der Waals surface area contributed by atoms with Crippen molar-refractivity contribution >= 4 is 22.8 Å². The number of fused-ring (bicyclic) bond motifs is 3. The Morgan fingerprint density at radius 1 is 1.25 bits per heavy atom. The van der Waals surface area contributed by atoms with E-state index in [1.54, 1.807) is 18.3 Å². The highest BCUT2D eigenvalue weighted by molar-refractivity contribution is 5.89. The molecule has 3 atom stereocenters. The van der Waals surface area contributed by atoms with Crippen LogP contribution in [0, 0.1) is 5.92 Å². The number of hydrogen-bond acceptors (Lipinski definition) is 4. The Bertz CT molecular complexity index is 1180. The first-order valence-corrected chi connectivity index (χ1v) is 9.66.